The first-order chi connectivity index (χ1) is 6.13. The van der Waals surface area contributed by atoms with Gasteiger partial charge in [0.1, 0.15) is 11.5 Å². The lowest BCUT2D eigenvalue weighted by Gasteiger charge is -2.09. The molecule has 3 nitrogen and oxygen atoms in total. The highest BCUT2D eigenvalue weighted by Gasteiger charge is 2.05. The molecule has 0 aliphatic heterocycles. The Kier molecular flexibility index (Phi) is 3.51. The molecular formula is C10H17NO2. The van der Waals surface area contributed by atoms with Gasteiger partial charge in [-0.1, -0.05) is 0 Å². The van der Waals surface area contributed by atoms with Crippen LogP contribution in [0.5, 0.6) is 0 Å². The van der Waals surface area contributed by atoms with Crippen molar-refractivity contribution in [1.29, 1.82) is 0 Å². The van der Waals surface area contributed by atoms with Gasteiger partial charge in [-0.3, -0.25) is 0 Å². The van der Waals surface area contributed by atoms with Gasteiger partial charge >= 0.3 is 0 Å². The Morgan fingerprint density at radius 3 is 2.69 bits per heavy atom. The average Bonchev–Trinajstić information content (AvgIpc) is 2.41. The van der Waals surface area contributed by atoms with Gasteiger partial charge < -0.3 is 14.8 Å². The summed E-state index contributed by atoms with van der Waals surface area (Å²) in [6, 6.07) is 2.15. The van der Waals surface area contributed by atoms with E-state index in [0.717, 1.165) is 23.6 Å². The van der Waals surface area contributed by atoms with Crippen LogP contribution >= 0.6 is 0 Å². The second-order valence-corrected chi connectivity index (χ2v) is 3.40. The molecule has 0 radical (unpaired) electrons. The highest BCUT2D eigenvalue weighted by Crippen LogP contribution is 2.13. The number of nitrogens with one attached hydrogen (secondary N) is 1. The molecule has 0 spiro atoms. The zero-order valence-electron chi connectivity index (χ0n) is 8.42. The monoisotopic (exact) mass is 183 g/mol. The molecule has 0 bridgehead atoms. The standard InChI is InChI=1S/C10H17NO2/c1-7(6-12)11-5-10-4-8(2)13-9(10)3/h4,7,11-12H,5-6H2,1-3H3/t7-/m1/s1. The van der Waals surface area contributed by atoms with Gasteiger partial charge in [0.2, 0.25) is 0 Å². The molecule has 1 rings (SSSR count). The maximum absolute atomic E-state index is 8.80. The Hall–Kier alpha value is -0.800. The molecule has 3 heteroatoms. The molecule has 0 saturated heterocycles. The fourth-order valence-corrected chi connectivity index (χ4v) is 1.21. The molecule has 1 heterocycles. The number of aliphatic hydroxyl groups is 1. The van der Waals surface area contributed by atoms with Crippen molar-refractivity contribution in [2.45, 2.75) is 33.4 Å². The number of rotatable bonds is 4. The van der Waals surface area contributed by atoms with E-state index < -0.39 is 0 Å². The van der Waals surface area contributed by atoms with Gasteiger partial charge in [-0.15, -0.1) is 0 Å². The minimum Gasteiger partial charge on any atom is -0.466 e. The number of hydrogen-bond acceptors (Lipinski definition) is 3. The Morgan fingerprint density at radius 2 is 2.23 bits per heavy atom. The smallest absolute Gasteiger partial charge is 0.105 e. The van der Waals surface area contributed by atoms with Crippen LogP contribution in [0.4, 0.5) is 0 Å². The molecule has 0 saturated carbocycles. The van der Waals surface area contributed by atoms with Crippen LogP contribution in [0.1, 0.15) is 24.0 Å². The maximum atomic E-state index is 8.80. The molecule has 0 aliphatic rings. The molecule has 74 valence electrons. The Labute approximate surface area is 78.8 Å². The van der Waals surface area contributed by atoms with Crippen molar-refractivity contribution in [2.75, 3.05) is 6.61 Å². The summed E-state index contributed by atoms with van der Waals surface area (Å²) < 4.78 is 5.38. The zero-order valence-corrected chi connectivity index (χ0v) is 8.42. The second kappa shape index (κ2) is 4.44. The van der Waals surface area contributed by atoms with E-state index in [1.807, 2.05) is 26.8 Å². The summed E-state index contributed by atoms with van der Waals surface area (Å²) in [4.78, 5) is 0. The highest BCUT2D eigenvalue weighted by molar-refractivity contribution is 5.19. The van der Waals surface area contributed by atoms with Gasteiger partial charge in [0, 0.05) is 18.2 Å². The third kappa shape index (κ3) is 2.86. The SMILES string of the molecule is Cc1cc(CN[C@H](C)CO)c(C)o1. The molecule has 2 N–H and O–H groups in total. The van der Waals surface area contributed by atoms with Crippen LogP contribution in [-0.4, -0.2) is 17.8 Å². The summed E-state index contributed by atoms with van der Waals surface area (Å²) in [6.45, 7) is 6.75. The average molecular weight is 183 g/mol. The highest BCUT2D eigenvalue weighted by atomic mass is 16.3. The predicted octanol–water partition coefficient (Wildman–Crippen LogP) is 1.37. The lowest BCUT2D eigenvalue weighted by atomic mass is 10.2. The Bertz CT molecular complexity index is 268. The summed E-state index contributed by atoms with van der Waals surface area (Å²) >= 11 is 0. The molecular weight excluding hydrogens is 166 g/mol. The molecule has 0 amide bonds. The third-order valence-corrected chi connectivity index (χ3v) is 2.06. The van der Waals surface area contributed by atoms with Crippen molar-refractivity contribution >= 4 is 0 Å². The van der Waals surface area contributed by atoms with E-state index in [9.17, 15) is 0 Å². The van der Waals surface area contributed by atoms with Crippen LogP contribution < -0.4 is 5.32 Å². The summed E-state index contributed by atoms with van der Waals surface area (Å²) in [6.07, 6.45) is 0. The van der Waals surface area contributed by atoms with Crippen LogP contribution in [0, 0.1) is 13.8 Å². The van der Waals surface area contributed by atoms with E-state index in [2.05, 4.69) is 5.32 Å². The largest absolute Gasteiger partial charge is 0.466 e. The number of aliphatic hydroxyl groups excluding tert-OH is 1. The van der Waals surface area contributed by atoms with Crippen molar-refractivity contribution < 1.29 is 9.52 Å². The lowest BCUT2D eigenvalue weighted by Crippen LogP contribution is -2.28. The molecule has 0 unspecified atom stereocenters. The van der Waals surface area contributed by atoms with E-state index in [1.165, 1.54) is 0 Å². The van der Waals surface area contributed by atoms with Gasteiger partial charge in [-0.25, -0.2) is 0 Å². The van der Waals surface area contributed by atoms with Gasteiger partial charge in [0.05, 0.1) is 6.61 Å². The van der Waals surface area contributed by atoms with E-state index in [0.29, 0.717) is 0 Å². The van der Waals surface area contributed by atoms with Crippen LogP contribution in [0.25, 0.3) is 0 Å². The predicted molar refractivity (Wildman–Crippen MR) is 51.6 cm³/mol. The van der Waals surface area contributed by atoms with E-state index >= 15 is 0 Å². The van der Waals surface area contributed by atoms with Crippen molar-refractivity contribution in [1.82, 2.24) is 5.32 Å². The van der Waals surface area contributed by atoms with E-state index in [4.69, 9.17) is 9.52 Å². The minimum absolute atomic E-state index is 0.134. The van der Waals surface area contributed by atoms with Crippen LogP contribution in [0.3, 0.4) is 0 Å². The van der Waals surface area contributed by atoms with Crippen molar-refractivity contribution in [3.05, 3.63) is 23.2 Å². The summed E-state index contributed by atoms with van der Waals surface area (Å²) in [5.41, 5.74) is 1.16. The second-order valence-electron chi connectivity index (χ2n) is 3.40. The third-order valence-electron chi connectivity index (χ3n) is 2.06. The molecule has 0 aliphatic carbocycles. The number of hydrogen-bond donors (Lipinski definition) is 2. The van der Waals surface area contributed by atoms with Crippen molar-refractivity contribution in [3.63, 3.8) is 0 Å². The van der Waals surface area contributed by atoms with Gasteiger partial charge in [-0.2, -0.15) is 0 Å². The number of furan rings is 1. The Morgan fingerprint density at radius 1 is 1.54 bits per heavy atom. The maximum Gasteiger partial charge on any atom is 0.105 e. The van der Waals surface area contributed by atoms with Gasteiger partial charge in [0.25, 0.3) is 0 Å². The zero-order chi connectivity index (χ0) is 9.84. The molecule has 0 fully saturated rings. The normalized spacial score (nSPS) is 13.2. The fourth-order valence-electron chi connectivity index (χ4n) is 1.21. The molecule has 13 heavy (non-hydrogen) atoms. The van der Waals surface area contributed by atoms with E-state index in [-0.39, 0.29) is 12.6 Å². The van der Waals surface area contributed by atoms with Crippen molar-refractivity contribution in [3.8, 4) is 0 Å². The minimum atomic E-state index is 0.134. The molecule has 1 atom stereocenters. The lowest BCUT2D eigenvalue weighted by molar-refractivity contribution is 0.251. The first-order valence-corrected chi connectivity index (χ1v) is 4.53. The van der Waals surface area contributed by atoms with Crippen molar-refractivity contribution in [2.24, 2.45) is 0 Å². The molecule has 1 aromatic rings. The van der Waals surface area contributed by atoms with Gasteiger partial charge in [-0.05, 0) is 26.8 Å². The molecule has 0 aromatic carbocycles. The number of aryl methyl sites for hydroxylation is 2. The fraction of sp³-hybridized carbons (Fsp3) is 0.600. The van der Waals surface area contributed by atoms with E-state index in [1.54, 1.807) is 0 Å². The first-order valence-electron chi connectivity index (χ1n) is 4.53. The van der Waals surface area contributed by atoms with Crippen LogP contribution in [0.2, 0.25) is 0 Å². The quantitative estimate of drug-likeness (QED) is 0.741. The first kappa shape index (κ1) is 10.3. The summed E-state index contributed by atoms with van der Waals surface area (Å²) in [5, 5.41) is 12.0. The van der Waals surface area contributed by atoms with Crippen LogP contribution in [-0.2, 0) is 6.54 Å². The Balaban J connectivity index is 2.49. The summed E-state index contributed by atoms with van der Waals surface area (Å²) in [5.74, 6) is 1.89. The van der Waals surface area contributed by atoms with Crippen LogP contribution in [0.15, 0.2) is 10.5 Å². The topological polar surface area (TPSA) is 45.4 Å². The van der Waals surface area contributed by atoms with Gasteiger partial charge in [0.15, 0.2) is 0 Å². The summed E-state index contributed by atoms with van der Waals surface area (Å²) in [7, 11) is 0. The molecule has 1 aromatic heterocycles.